The Kier molecular flexibility index (Phi) is 5.74. The molecule has 1 aliphatic carbocycles. The summed E-state index contributed by atoms with van der Waals surface area (Å²) in [5, 5.41) is 27.5. The molecule has 1 amide bonds. The van der Waals surface area contributed by atoms with Gasteiger partial charge >= 0.3 is 7.12 Å². The molecule has 1 aromatic heterocycles. The quantitative estimate of drug-likeness (QED) is 0.615. The summed E-state index contributed by atoms with van der Waals surface area (Å²) in [6.07, 6.45) is 5.73. The fourth-order valence-corrected chi connectivity index (χ4v) is 4.64. The summed E-state index contributed by atoms with van der Waals surface area (Å²) in [7, 11) is -0.928. The number of nitrogens with two attached hydrogens (primary N) is 1. The van der Waals surface area contributed by atoms with E-state index in [-0.39, 0.29) is 17.5 Å². The Morgan fingerprint density at radius 2 is 2.23 bits per heavy atom. The first-order valence-electron chi connectivity index (χ1n) is 10.7. The van der Waals surface area contributed by atoms with Gasteiger partial charge in [0.25, 0.3) is 5.91 Å². The smallest absolute Gasteiger partial charge is 0.532 e. The number of primary amides is 1. The predicted octanol–water partition coefficient (Wildman–Crippen LogP) is 3.58. The van der Waals surface area contributed by atoms with Crippen molar-refractivity contribution in [1.29, 1.82) is 5.26 Å². The van der Waals surface area contributed by atoms with Crippen LogP contribution in [-0.2, 0) is 0 Å². The van der Waals surface area contributed by atoms with Gasteiger partial charge in [-0.1, -0.05) is 13.8 Å². The molecular weight excluding hydrogens is 393 g/mol. The van der Waals surface area contributed by atoms with E-state index in [1.807, 2.05) is 26.0 Å². The predicted molar refractivity (Wildman–Crippen MR) is 119 cm³/mol. The summed E-state index contributed by atoms with van der Waals surface area (Å²) >= 11 is 0. The van der Waals surface area contributed by atoms with E-state index < -0.39 is 13.0 Å². The van der Waals surface area contributed by atoms with Crippen molar-refractivity contribution >= 4 is 30.1 Å². The number of hydrogen-bond donors (Lipinski definition) is 3. The Morgan fingerprint density at radius 3 is 2.90 bits per heavy atom. The molecule has 4 N–H and O–H groups in total. The topological polar surface area (TPSA) is 126 Å². The van der Waals surface area contributed by atoms with E-state index >= 15 is 0 Å². The number of aromatic nitrogens is 2. The molecule has 1 saturated carbocycles. The van der Waals surface area contributed by atoms with Gasteiger partial charge in [-0.2, -0.15) is 10.4 Å². The zero-order valence-corrected chi connectivity index (χ0v) is 17.8. The first-order chi connectivity index (χ1) is 15.0. The Bertz CT molecular complexity index is 1090. The van der Waals surface area contributed by atoms with Crippen molar-refractivity contribution in [3.8, 4) is 11.8 Å². The summed E-state index contributed by atoms with van der Waals surface area (Å²) in [4.78, 5) is 12.0. The molecule has 1 aromatic carbocycles. The third kappa shape index (κ3) is 3.79. The van der Waals surface area contributed by atoms with Crippen LogP contribution in [0.2, 0.25) is 0 Å². The molecule has 9 heteroatoms. The lowest BCUT2D eigenvalue weighted by Crippen LogP contribution is -2.29. The minimum absolute atomic E-state index is 0.0567. The number of allylic oxidation sites excluding steroid dienone is 2. The monoisotopic (exact) mass is 419 g/mol. The molecule has 0 saturated heterocycles. The van der Waals surface area contributed by atoms with E-state index in [1.54, 1.807) is 16.9 Å². The maximum Gasteiger partial charge on any atom is 0.556 e. The number of nitrogens with one attached hydrogen (secondary N) is 1. The first kappa shape index (κ1) is 21.0. The van der Waals surface area contributed by atoms with Crippen molar-refractivity contribution in [1.82, 2.24) is 9.78 Å². The first-order valence-corrected chi connectivity index (χ1v) is 10.7. The van der Waals surface area contributed by atoms with Crippen molar-refractivity contribution < 1.29 is 14.5 Å². The minimum atomic E-state index is -0.928. The van der Waals surface area contributed by atoms with Crippen LogP contribution in [0.4, 0.5) is 11.5 Å². The van der Waals surface area contributed by atoms with E-state index in [9.17, 15) is 15.1 Å². The number of nitriles is 1. The van der Waals surface area contributed by atoms with Gasteiger partial charge < -0.3 is 20.7 Å². The molecular formula is C22H26BN5O3. The number of rotatable bonds is 6. The van der Waals surface area contributed by atoms with Gasteiger partial charge in [-0.15, -0.1) is 0 Å². The second-order valence-corrected chi connectivity index (χ2v) is 7.99. The fourth-order valence-electron chi connectivity index (χ4n) is 4.64. The molecule has 1 fully saturated rings. The van der Waals surface area contributed by atoms with Crippen LogP contribution < -0.4 is 15.7 Å². The highest BCUT2D eigenvalue weighted by molar-refractivity contribution is 6.55. The Labute approximate surface area is 181 Å². The normalized spacial score (nSPS) is 20.3. The van der Waals surface area contributed by atoms with Gasteiger partial charge in [-0.05, 0) is 61.3 Å². The largest absolute Gasteiger partial charge is 0.556 e. The van der Waals surface area contributed by atoms with E-state index in [4.69, 9.17) is 10.4 Å². The zero-order chi connectivity index (χ0) is 22.1. The lowest BCUT2D eigenvalue weighted by Gasteiger charge is -2.25. The SMILES string of the molecule is CCC1=C(CC)c2cc(Nc3nn([C@H]4CCC[C@@H]4C#N)cc3C(N)=O)ccc2OB1O. The second kappa shape index (κ2) is 8.48. The highest BCUT2D eigenvalue weighted by atomic mass is 16.5. The van der Waals surface area contributed by atoms with Gasteiger partial charge in [-0.3, -0.25) is 9.48 Å². The van der Waals surface area contributed by atoms with E-state index in [0.717, 1.165) is 48.0 Å². The van der Waals surface area contributed by atoms with Gasteiger partial charge in [0.2, 0.25) is 0 Å². The highest BCUT2D eigenvalue weighted by Crippen LogP contribution is 2.40. The van der Waals surface area contributed by atoms with E-state index in [2.05, 4.69) is 16.5 Å². The third-order valence-corrected chi connectivity index (χ3v) is 6.21. The van der Waals surface area contributed by atoms with Gasteiger partial charge in [0.15, 0.2) is 5.82 Å². The lowest BCUT2D eigenvalue weighted by molar-refractivity contribution is 0.100. The number of fused-ring (bicyclic) bond motifs is 1. The van der Waals surface area contributed by atoms with Crippen LogP contribution in [0.25, 0.3) is 5.57 Å². The molecule has 2 heterocycles. The molecule has 0 unspecified atom stereocenters. The molecule has 1 aliphatic heterocycles. The van der Waals surface area contributed by atoms with Gasteiger partial charge in [0.05, 0.1) is 18.0 Å². The van der Waals surface area contributed by atoms with Gasteiger partial charge in [0, 0.05) is 17.4 Å². The maximum atomic E-state index is 12.0. The molecule has 0 bridgehead atoms. The van der Waals surface area contributed by atoms with Crippen molar-refractivity contribution in [2.75, 3.05) is 5.32 Å². The van der Waals surface area contributed by atoms with Crippen LogP contribution in [0.15, 0.2) is 29.9 Å². The molecule has 2 aromatic rings. The average molecular weight is 419 g/mol. The van der Waals surface area contributed by atoms with Crippen LogP contribution in [0, 0.1) is 17.2 Å². The molecule has 0 spiro atoms. The van der Waals surface area contributed by atoms with Crippen LogP contribution in [-0.4, -0.2) is 27.8 Å². The average Bonchev–Trinajstić information content (AvgIpc) is 3.39. The molecule has 2 atom stereocenters. The zero-order valence-electron chi connectivity index (χ0n) is 17.8. The van der Waals surface area contributed by atoms with Crippen molar-refractivity contribution in [3.05, 3.63) is 41.0 Å². The molecule has 2 aliphatic rings. The second-order valence-electron chi connectivity index (χ2n) is 7.99. The summed E-state index contributed by atoms with van der Waals surface area (Å²) in [6, 6.07) is 7.83. The number of carbonyl (C=O) groups is 1. The van der Waals surface area contributed by atoms with Crippen LogP contribution in [0.3, 0.4) is 0 Å². The Hall–Kier alpha value is -3.25. The number of carbonyl (C=O) groups excluding carboxylic acids is 1. The molecule has 8 nitrogen and oxygen atoms in total. The fraction of sp³-hybridized carbons (Fsp3) is 0.409. The third-order valence-electron chi connectivity index (χ3n) is 6.21. The van der Waals surface area contributed by atoms with Gasteiger partial charge in [-0.25, -0.2) is 0 Å². The van der Waals surface area contributed by atoms with E-state index in [0.29, 0.717) is 18.0 Å². The number of nitrogens with zero attached hydrogens (tertiary/aromatic N) is 3. The summed E-state index contributed by atoms with van der Waals surface area (Å²) in [6.45, 7) is 4.04. The van der Waals surface area contributed by atoms with Crippen molar-refractivity contribution in [2.24, 2.45) is 11.7 Å². The van der Waals surface area contributed by atoms with E-state index in [1.165, 1.54) is 0 Å². The van der Waals surface area contributed by atoms with Crippen LogP contribution in [0.5, 0.6) is 5.75 Å². The molecule has 160 valence electrons. The highest BCUT2D eigenvalue weighted by Gasteiger charge is 2.32. The lowest BCUT2D eigenvalue weighted by atomic mass is 9.70. The minimum Gasteiger partial charge on any atom is -0.532 e. The number of amides is 1. The number of benzene rings is 1. The van der Waals surface area contributed by atoms with Crippen LogP contribution in [0.1, 0.15) is 67.9 Å². The maximum absolute atomic E-state index is 12.0. The van der Waals surface area contributed by atoms with Crippen LogP contribution >= 0.6 is 0 Å². The van der Waals surface area contributed by atoms with Gasteiger partial charge in [0.1, 0.15) is 11.3 Å². The Balaban J connectivity index is 1.69. The summed E-state index contributed by atoms with van der Waals surface area (Å²) in [5.74, 6) is 0.290. The van der Waals surface area contributed by atoms with Crippen molar-refractivity contribution in [2.45, 2.75) is 52.0 Å². The summed E-state index contributed by atoms with van der Waals surface area (Å²) in [5.41, 5.74) is 9.46. The summed E-state index contributed by atoms with van der Waals surface area (Å²) < 4.78 is 7.38. The molecule has 0 radical (unpaired) electrons. The number of anilines is 2. The Morgan fingerprint density at radius 1 is 1.42 bits per heavy atom. The standard InChI is InChI=1S/C22H26BN5O3/c1-3-15-16-10-14(8-9-20(16)31-23(30)18(15)4-2)26-22-17(21(25)29)12-28(27-22)19-7-5-6-13(19)11-24/h8-10,12-13,19,30H,3-7H2,1-2H3,(H2,25,29)(H,26,27)/t13-,19+/m1/s1. The number of hydrogen-bond acceptors (Lipinski definition) is 6. The van der Waals surface area contributed by atoms with Crippen molar-refractivity contribution in [3.63, 3.8) is 0 Å². The molecule has 31 heavy (non-hydrogen) atoms. The molecule has 4 rings (SSSR count).